The molecular formula is C19H21F3N2. The van der Waals surface area contributed by atoms with Gasteiger partial charge in [0.05, 0.1) is 5.56 Å². The molecule has 0 aliphatic carbocycles. The third-order valence-corrected chi connectivity index (χ3v) is 4.50. The van der Waals surface area contributed by atoms with Gasteiger partial charge < -0.3 is 4.90 Å². The molecule has 5 heteroatoms. The first-order chi connectivity index (χ1) is 11.4. The zero-order valence-electron chi connectivity index (χ0n) is 13.7. The molecule has 1 aliphatic rings. The van der Waals surface area contributed by atoms with E-state index in [1.165, 1.54) is 12.1 Å². The van der Waals surface area contributed by atoms with E-state index in [4.69, 9.17) is 0 Å². The Kier molecular flexibility index (Phi) is 4.92. The summed E-state index contributed by atoms with van der Waals surface area (Å²) in [6.45, 7) is 4.99. The zero-order chi connectivity index (χ0) is 17.2. The average molecular weight is 334 g/mol. The van der Waals surface area contributed by atoms with E-state index in [2.05, 4.69) is 16.8 Å². The van der Waals surface area contributed by atoms with Gasteiger partial charge in [0.15, 0.2) is 0 Å². The molecule has 3 rings (SSSR count). The van der Waals surface area contributed by atoms with Crippen LogP contribution in [0, 0.1) is 0 Å². The summed E-state index contributed by atoms with van der Waals surface area (Å²) in [5.74, 6) is 0. The predicted octanol–water partition coefficient (Wildman–Crippen LogP) is 4.12. The van der Waals surface area contributed by atoms with E-state index in [9.17, 15) is 13.2 Å². The smallest absolute Gasteiger partial charge is 0.304 e. The molecule has 0 saturated carbocycles. The Morgan fingerprint density at radius 2 is 1.50 bits per heavy atom. The molecule has 1 aliphatic heterocycles. The van der Waals surface area contributed by atoms with Crippen LogP contribution < -0.4 is 0 Å². The summed E-state index contributed by atoms with van der Waals surface area (Å²) in [5.41, 5.74) is 1.38. The van der Waals surface area contributed by atoms with E-state index in [1.54, 1.807) is 18.2 Å². The first-order valence-corrected chi connectivity index (χ1v) is 8.10. The van der Waals surface area contributed by atoms with Crippen molar-refractivity contribution in [1.29, 1.82) is 0 Å². The standard InChI is InChI=1S/C19H21F3N2/c1-23-10-12-24(13-11-23)14-15-6-8-16(9-7-15)17-4-2-3-5-18(17)19(20,21)22/h2-9H,10-14H2,1H3. The van der Waals surface area contributed by atoms with Gasteiger partial charge in [0, 0.05) is 32.7 Å². The Bertz CT molecular complexity index is 672. The average Bonchev–Trinajstić information content (AvgIpc) is 2.57. The highest BCUT2D eigenvalue weighted by molar-refractivity contribution is 5.68. The number of hydrogen-bond acceptors (Lipinski definition) is 2. The molecule has 2 aromatic rings. The molecule has 0 bridgehead atoms. The van der Waals surface area contributed by atoms with Crippen LogP contribution in [0.25, 0.3) is 11.1 Å². The number of nitrogens with zero attached hydrogens (tertiary/aromatic N) is 2. The van der Waals surface area contributed by atoms with Crippen molar-refractivity contribution in [3.05, 3.63) is 59.7 Å². The number of halogens is 3. The second-order valence-electron chi connectivity index (χ2n) is 6.32. The Labute approximate surface area is 140 Å². The third kappa shape index (κ3) is 3.97. The van der Waals surface area contributed by atoms with Crippen LogP contribution in [0.3, 0.4) is 0 Å². The Morgan fingerprint density at radius 3 is 2.12 bits per heavy atom. The van der Waals surface area contributed by atoms with Crippen molar-refractivity contribution >= 4 is 0 Å². The van der Waals surface area contributed by atoms with Crippen molar-refractivity contribution in [3.63, 3.8) is 0 Å². The summed E-state index contributed by atoms with van der Waals surface area (Å²) in [6.07, 6.45) is -4.34. The fourth-order valence-electron chi connectivity index (χ4n) is 3.04. The van der Waals surface area contributed by atoms with Crippen LogP contribution in [0.2, 0.25) is 0 Å². The number of hydrogen-bond donors (Lipinski definition) is 0. The number of benzene rings is 2. The summed E-state index contributed by atoms with van der Waals surface area (Å²) in [4.78, 5) is 4.67. The Morgan fingerprint density at radius 1 is 0.875 bits per heavy atom. The van der Waals surface area contributed by atoms with Crippen LogP contribution in [0.5, 0.6) is 0 Å². The van der Waals surface area contributed by atoms with Gasteiger partial charge in [0.25, 0.3) is 0 Å². The van der Waals surface area contributed by atoms with Crippen molar-refractivity contribution in [2.75, 3.05) is 33.2 Å². The number of alkyl halides is 3. The quantitative estimate of drug-likeness (QED) is 0.833. The van der Waals surface area contributed by atoms with Crippen LogP contribution in [-0.2, 0) is 12.7 Å². The molecule has 128 valence electrons. The van der Waals surface area contributed by atoms with E-state index in [0.717, 1.165) is 44.4 Å². The van der Waals surface area contributed by atoms with Crippen molar-refractivity contribution in [1.82, 2.24) is 9.80 Å². The fourth-order valence-corrected chi connectivity index (χ4v) is 3.04. The minimum atomic E-state index is -4.34. The third-order valence-electron chi connectivity index (χ3n) is 4.50. The van der Waals surface area contributed by atoms with Gasteiger partial charge in [-0.15, -0.1) is 0 Å². The van der Waals surface area contributed by atoms with Crippen molar-refractivity contribution in [2.24, 2.45) is 0 Å². The Balaban J connectivity index is 1.76. The van der Waals surface area contributed by atoms with E-state index in [1.807, 2.05) is 12.1 Å². The minimum absolute atomic E-state index is 0.233. The Hall–Kier alpha value is -1.85. The van der Waals surface area contributed by atoms with Crippen LogP contribution in [0.4, 0.5) is 13.2 Å². The predicted molar refractivity (Wildman–Crippen MR) is 89.7 cm³/mol. The molecule has 0 unspecified atom stereocenters. The van der Waals surface area contributed by atoms with Gasteiger partial charge in [0.2, 0.25) is 0 Å². The number of likely N-dealkylation sites (N-methyl/N-ethyl adjacent to an activating group) is 1. The summed E-state index contributed by atoms with van der Waals surface area (Å²) in [7, 11) is 2.12. The summed E-state index contributed by atoms with van der Waals surface area (Å²) < 4.78 is 39.4. The van der Waals surface area contributed by atoms with Crippen molar-refractivity contribution < 1.29 is 13.2 Å². The minimum Gasteiger partial charge on any atom is -0.304 e. The maximum absolute atomic E-state index is 13.1. The maximum atomic E-state index is 13.1. The summed E-state index contributed by atoms with van der Waals surface area (Å²) in [6, 6.07) is 13.2. The molecule has 0 aromatic heterocycles. The molecule has 0 atom stereocenters. The molecule has 0 amide bonds. The normalized spacial score (nSPS) is 17.2. The largest absolute Gasteiger partial charge is 0.417 e. The second-order valence-corrected chi connectivity index (χ2v) is 6.32. The molecule has 2 nitrogen and oxygen atoms in total. The molecule has 0 N–H and O–H groups in total. The van der Waals surface area contributed by atoms with Crippen LogP contribution in [0.1, 0.15) is 11.1 Å². The maximum Gasteiger partial charge on any atom is 0.417 e. The van der Waals surface area contributed by atoms with Crippen molar-refractivity contribution in [2.45, 2.75) is 12.7 Å². The molecule has 1 saturated heterocycles. The summed E-state index contributed by atoms with van der Waals surface area (Å²) >= 11 is 0. The fraction of sp³-hybridized carbons (Fsp3) is 0.368. The molecule has 0 radical (unpaired) electrons. The lowest BCUT2D eigenvalue weighted by molar-refractivity contribution is -0.137. The van der Waals surface area contributed by atoms with Gasteiger partial charge in [-0.1, -0.05) is 42.5 Å². The van der Waals surface area contributed by atoms with Gasteiger partial charge >= 0.3 is 6.18 Å². The topological polar surface area (TPSA) is 6.48 Å². The lowest BCUT2D eigenvalue weighted by atomic mass is 9.98. The SMILES string of the molecule is CN1CCN(Cc2ccc(-c3ccccc3C(F)(F)F)cc2)CC1. The van der Waals surface area contributed by atoms with E-state index in [0.29, 0.717) is 5.56 Å². The van der Waals surface area contributed by atoms with E-state index in [-0.39, 0.29) is 5.56 Å². The zero-order valence-corrected chi connectivity index (χ0v) is 13.7. The van der Waals surface area contributed by atoms with Crippen LogP contribution in [-0.4, -0.2) is 43.0 Å². The lowest BCUT2D eigenvalue weighted by Gasteiger charge is -2.32. The highest BCUT2D eigenvalue weighted by atomic mass is 19.4. The van der Waals surface area contributed by atoms with E-state index >= 15 is 0 Å². The highest BCUT2D eigenvalue weighted by Crippen LogP contribution is 2.36. The molecule has 2 aromatic carbocycles. The molecule has 1 heterocycles. The molecule has 1 fully saturated rings. The number of rotatable bonds is 3. The first kappa shape index (κ1) is 17.0. The number of piperazine rings is 1. The van der Waals surface area contributed by atoms with E-state index < -0.39 is 11.7 Å². The van der Waals surface area contributed by atoms with Crippen molar-refractivity contribution in [3.8, 4) is 11.1 Å². The van der Waals surface area contributed by atoms with Gasteiger partial charge in [-0.2, -0.15) is 13.2 Å². The first-order valence-electron chi connectivity index (χ1n) is 8.10. The van der Waals surface area contributed by atoms with Gasteiger partial charge in [-0.25, -0.2) is 0 Å². The van der Waals surface area contributed by atoms with Gasteiger partial charge in [0.1, 0.15) is 0 Å². The molecule has 24 heavy (non-hydrogen) atoms. The van der Waals surface area contributed by atoms with Gasteiger partial charge in [-0.05, 0) is 29.8 Å². The molecule has 0 spiro atoms. The lowest BCUT2D eigenvalue weighted by Crippen LogP contribution is -2.43. The highest BCUT2D eigenvalue weighted by Gasteiger charge is 2.33. The molecular weight excluding hydrogens is 313 g/mol. The second kappa shape index (κ2) is 6.95. The monoisotopic (exact) mass is 334 g/mol. The van der Waals surface area contributed by atoms with Crippen LogP contribution in [0.15, 0.2) is 48.5 Å². The van der Waals surface area contributed by atoms with Gasteiger partial charge in [-0.3, -0.25) is 4.90 Å². The van der Waals surface area contributed by atoms with Crippen LogP contribution >= 0.6 is 0 Å². The summed E-state index contributed by atoms with van der Waals surface area (Å²) in [5, 5.41) is 0.